The van der Waals surface area contributed by atoms with Gasteiger partial charge in [-0.05, 0) is 36.0 Å². The van der Waals surface area contributed by atoms with Gasteiger partial charge in [-0.25, -0.2) is 0 Å². The highest BCUT2D eigenvalue weighted by Crippen LogP contribution is 2.29. The van der Waals surface area contributed by atoms with Crippen molar-refractivity contribution < 1.29 is 0 Å². The summed E-state index contributed by atoms with van der Waals surface area (Å²) in [6.45, 7) is 5.22. The molecule has 0 spiro atoms. The van der Waals surface area contributed by atoms with E-state index >= 15 is 0 Å². The first-order valence-corrected chi connectivity index (χ1v) is 7.32. The molecule has 1 aromatic carbocycles. The lowest BCUT2D eigenvalue weighted by molar-refractivity contribution is 0.300. The van der Waals surface area contributed by atoms with Crippen LogP contribution < -0.4 is 11.1 Å². The second-order valence-corrected chi connectivity index (χ2v) is 5.76. The Morgan fingerprint density at radius 1 is 1.40 bits per heavy atom. The first kappa shape index (κ1) is 17.3. The third-order valence-corrected chi connectivity index (χ3v) is 3.87. The van der Waals surface area contributed by atoms with Crippen molar-refractivity contribution in [2.45, 2.75) is 45.4 Å². The Morgan fingerprint density at radius 2 is 2.15 bits per heavy atom. The average Bonchev–Trinajstić information content (AvgIpc) is 2.32. The van der Waals surface area contributed by atoms with Gasteiger partial charge in [-0.15, -0.1) is 24.0 Å². The maximum absolute atomic E-state index is 5.92. The lowest BCUT2D eigenvalue weighted by Gasteiger charge is -2.24. The maximum atomic E-state index is 5.92. The molecule has 4 heteroatoms. The summed E-state index contributed by atoms with van der Waals surface area (Å²) in [6, 6.07) is 8.36. The van der Waals surface area contributed by atoms with Crippen LogP contribution in [0.5, 0.6) is 0 Å². The standard InChI is InChI=1S/C16H25N3.HI/c1-12(2)14-7-4-8-15(11-14)19-16(17)18-10-9-13-5-3-6-13;/h4,7-8,11-13H,3,5-6,9-10H2,1-2H3,(H3,17,18,19);1H. The maximum Gasteiger partial charge on any atom is 0.193 e. The number of hydrogen-bond acceptors (Lipinski definition) is 1. The van der Waals surface area contributed by atoms with Crippen molar-refractivity contribution in [3.05, 3.63) is 29.8 Å². The number of halogens is 1. The molecule has 112 valence electrons. The molecule has 1 aliphatic carbocycles. The predicted octanol–water partition coefficient (Wildman–Crippen LogP) is 4.34. The van der Waals surface area contributed by atoms with E-state index in [1.165, 1.54) is 31.2 Å². The Labute approximate surface area is 139 Å². The number of nitrogens with zero attached hydrogens (tertiary/aromatic N) is 1. The van der Waals surface area contributed by atoms with Gasteiger partial charge in [0, 0.05) is 12.2 Å². The highest BCUT2D eigenvalue weighted by atomic mass is 127. The van der Waals surface area contributed by atoms with Crippen LogP contribution in [0.2, 0.25) is 0 Å². The predicted molar refractivity (Wildman–Crippen MR) is 98.0 cm³/mol. The van der Waals surface area contributed by atoms with E-state index in [-0.39, 0.29) is 24.0 Å². The van der Waals surface area contributed by atoms with E-state index in [1.807, 2.05) is 6.07 Å². The summed E-state index contributed by atoms with van der Waals surface area (Å²) >= 11 is 0. The molecule has 1 aliphatic rings. The minimum atomic E-state index is 0. The molecule has 0 radical (unpaired) electrons. The Morgan fingerprint density at radius 3 is 2.75 bits per heavy atom. The molecule has 0 aliphatic heterocycles. The Bertz CT molecular complexity index is 439. The number of nitrogens with two attached hydrogens (primary N) is 1. The second kappa shape index (κ2) is 8.49. The normalized spacial score (nSPS) is 15.7. The zero-order valence-electron chi connectivity index (χ0n) is 12.4. The fraction of sp³-hybridized carbons (Fsp3) is 0.562. The summed E-state index contributed by atoms with van der Waals surface area (Å²) in [4.78, 5) is 4.40. The zero-order chi connectivity index (χ0) is 13.7. The van der Waals surface area contributed by atoms with Crippen molar-refractivity contribution in [3.8, 4) is 0 Å². The van der Waals surface area contributed by atoms with E-state index in [0.29, 0.717) is 11.9 Å². The van der Waals surface area contributed by atoms with Crippen LogP contribution >= 0.6 is 24.0 Å². The largest absolute Gasteiger partial charge is 0.370 e. The van der Waals surface area contributed by atoms with Crippen LogP contribution in [-0.4, -0.2) is 12.5 Å². The topological polar surface area (TPSA) is 50.4 Å². The molecular weight excluding hydrogens is 361 g/mol. The molecule has 20 heavy (non-hydrogen) atoms. The zero-order valence-corrected chi connectivity index (χ0v) is 14.8. The van der Waals surface area contributed by atoms with Crippen molar-refractivity contribution in [3.63, 3.8) is 0 Å². The van der Waals surface area contributed by atoms with Crippen LogP contribution in [0.4, 0.5) is 5.69 Å². The summed E-state index contributed by atoms with van der Waals surface area (Å²) in [5, 5.41) is 3.17. The van der Waals surface area contributed by atoms with Gasteiger partial charge < -0.3 is 11.1 Å². The van der Waals surface area contributed by atoms with Crippen molar-refractivity contribution in [2.75, 3.05) is 11.9 Å². The number of nitrogens with one attached hydrogen (secondary N) is 1. The SMILES string of the molecule is CC(C)c1cccc(NC(N)=NCCC2CCC2)c1.I. The molecule has 1 saturated carbocycles. The minimum absolute atomic E-state index is 0. The van der Waals surface area contributed by atoms with E-state index in [1.54, 1.807) is 0 Å². The minimum Gasteiger partial charge on any atom is -0.370 e. The molecule has 0 amide bonds. The van der Waals surface area contributed by atoms with E-state index in [9.17, 15) is 0 Å². The van der Waals surface area contributed by atoms with Gasteiger partial charge in [0.25, 0.3) is 0 Å². The van der Waals surface area contributed by atoms with E-state index in [2.05, 4.69) is 42.4 Å². The van der Waals surface area contributed by atoms with Gasteiger partial charge in [0.1, 0.15) is 0 Å². The van der Waals surface area contributed by atoms with Crippen LogP contribution in [0.15, 0.2) is 29.3 Å². The number of hydrogen-bond donors (Lipinski definition) is 2. The van der Waals surface area contributed by atoms with Crippen LogP contribution in [0.1, 0.15) is 51.0 Å². The lowest BCUT2D eigenvalue weighted by atomic mass is 9.83. The smallest absolute Gasteiger partial charge is 0.193 e. The summed E-state index contributed by atoms with van der Waals surface area (Å²) < 4.78 is 0. The van der Waals surface area contributed by atoms with Gasteiger partial charge in [-0.2, -0.15) is 0 Å². The van der Waals surface area contributed by atoms with Crippen molar-refractivity contribution in [2.24, 2.45) is 16.6 Å². The monoisotopic (exact) mass is 387 g/mol. The molecule has 3 nitrogen and oxygen atoms in total. The molecule has 2 rings (SSSR count). The summed E-state index contributed by atoms with van der Waals surface area (Å²) in [6.07, 6.45) is 5.32. The molecular formula is C16H26IN3. The number of anilines is 1. The van der Waals surface area contributed by atoms with Gasteiger partial charge in [0.2, 0.25) is 0 Å². The van der Waals surface area contributed by atoms with Crippen LogP contribution in [0.25, 0.3) is 0 Å². The molecule has 0 bridgehead atoms. The fourth-order valence-corrected chi connectivity index (χ4v) is 2.31. The first-order chi connectivity index (χ1) is 9.15. The second-order valence-electron chi connectivity index (χ2n) is 5.76. The van der Waals surface area contributed by atoms with E-state index in [4.69, 9.17) is 5.73 Å². The number of guanidine groups is 1. The van der Waals surface area contributed by atoms with E-state index in [0.717, 1.165) is 18.2 Å². The first-order valence-electron chi connectivity index (χ1n) is 7.32. The van der Waals surface area contributed by atoms with Crippen molar-refractivity contribution >= 4 is 35.6 Å². The van der Waals surface area contributed by atoms with Gasteiger partial charge in [-0.3, -0.25) is 4.99 Å². The Hall–Kier alpha value is -0.780. The van der Waals surface area contributed by atoms with Crippen LogP contribution in [-0.2, 0) is 0 Å². The van der Waals surface area contributed by atoms with E-state index < -0.39 is 0 Å². The highest BCUT2D eigenvalue weighted by molar-refractivity contribution is 14.0. The third kappa shape index (κ3) is 5.31. The Kier molecular flexibility index (Phi) is 7.34. The highest BCUT2D eigenvalue weighted by Gasteiger charge is 2.16. The molecule has 0 atom stereocenters. The summed E-state index contributed by atoms with van der Waals surface area (Å²) in [7, 11) is 0. The number of rotatable bonds is 5. The fourth-order valence-electron chi connectivity index (χ4n) is 2.31. The van der Waals surface area contributed by atoms with Crippen LogP contribution in [0, 0.1) is 5.92 Å². The molecule has 1 aromatic rings. The molecule has 0 heterocycles. The Balaban J connectivity index is 0.00000200. The van der Waals surface area contributed by atoms with Crippen molar-refractivity contribution in [1.29, 1.82) is 0 Å². The molecule has 0 aromatic heterocycles. The average molecular weight is 387 g/mol. The van der Waals surface area contributed by atoms with Crippen LogP contribution in [0.3, 0.4) is 0 Å². The molecule has 1 fully saturated rings. The summed E-state index contributed by atoms with van der Waals surface area (Å²) in [5.41, 5.74) is 8.25. The van der Waals surface area contributed by atoms with Gasteiger partial charge in [0.15, 0.2) is 5.96 Å². The van der Waals surface area contributed by atoms with Gasteiger partial charge in [0.05, 0.1) is 0 Å². The molecule has 0 saturated heterocycles. The molecule has 0 unspecified atom stereocenters. The van der Waals surface area contributed by atoms with Gasteiger partial charge >= 0.3 is 0 Å². The van der Waals surface area contributed by atoms with Gasteiger partial charge in [-0.1, -0.05) is 45.2 Å². The molecule has 3 N–H and O–H groups in total. The quantitative estimate of drug-likeness (QED) is 0.449. The lowest BCUT2D eigenvalue weighted by Crippen LogP contribution is -2.23. The third-order valence-electron chi connectivity index (χ3n) is 3.87. The number of benzene rings is 1. The summed E-state index contributed by atoms with van der Waals surface area (Å²) in [5.74, 6) is 1.94. The van der Waals surface area contributed by atoms with Crippen molar-refractivity contribution in [1.82, 2.24) is 0 Å². The number of aliphatic imine (C=N–C) groups is 1.